The van der Waals surface area contributed by atoms with E-state index in [0.717, 1.165) is 50.9 Å². The summed E-state index contributed by atoms with van der Waals surface area (Å²) in [6, 6.07) is 10.2. The molecule has 0 saturated carbocycles. The Hall–Kier alpha value is -1.65. The van der Waals surface area contributed by atoms with Gasteiger partial charge in [-0.15, -0.1) is 24.0 Å². The number of nitrogens with zero attached hydrogens (tertiary/aromatic N) is 4. The topological polar surface area (TPSA) is 66.7 Å². The van der Waals surface area contributed by atoms with Gasteiger partial charge in [0.15, 0.2) is 5.96 Å². The molecule has 0 spiro atoms. The van der Waals surface area contributed by atoms with Gasteiger partial charge in [0, 0.05) is 52.3 Å². The average molecular weight is 500 g/mol. The minimum Gasteiger partial charge on any atom is -0.385 e. The first kappa shape index (κ1) is 24.4. The monoisotopic (exact) mass is 500 g/mol. The number of aliphatic imine (C=N–C) groups is 1. The van der Waals surface area contributed by atoms with E-state index in [9.17, 15) is 0 Å². The van der Waals surface area contributed by atoms with Gasteiger partial charge in [-0.05, 0) is 44.2 Å². The van der Waals surface area contributed by atoms with E-state index in [4.69, 9.17) is 4.74 Å². The largest absolute Gasteiger partial charge is 0.385 e. The van der Waals surface area contributed by atoms with Gasteiger partial charge in [0.25, 0.3) is 0 Å². The highest BCUT2D eigenvalue weighted by Crippen LogP contribution is 2.09. The number of ether oxygens (including phenoxy) is 1. The minimum absolute atomic E-state index is 0. The summed E-state index contributed by atoms with van der Waals surface area (Å²) in [6.07, 6.45) is 4.77. The maximum absolute atomic E-state index is 5.09. The van der Waals surface area contributed by atoms with Crippen molar-refractivity contribution in [2.45, 2.75) is 19.9 Å². The van der Waals surface area contributed by atoms with E-state index in [0.29, 0.717) is 6.54 Å². The third kappa shape index (κ3) is 9.03. The van der Waals surface area contributed by atoms with Crippen molar-refractivity contribution in [2.24, 2.45) is 4.99 Å². The van der Waals surface area contributed by atoms with Gasteiger partial charge >= 0.3 is 0 Å². The van der Waals surface area contributed by atoms with Crippen LogP contribution in [-0.4, -0.2) is 67.6 Å². The molecule has 0 amide bonds. The fourth-order valence-corrected chi connectivity index (χ4v) is 2.64. The van der Waals surface area contributed by atoms with Crippen LogP contribution in [0.15, 0.2) is 47.7 Å². The Morgan fingerprint density at radius 2 is 2.00 bits per heavy atom. The van der Waals surface area contributed by atoms with Crippen LogP contribution in [0.4, 0.5) is 0 Å². The highest BCUT2D eigenvalue weighted by molar-refractivity contribution is 14.0. The summed E-state index contributed by atoms with van der Waals surface area (Å²) in [5.74, 6) is 0.846. The van der Waals surface area contributed by atoms with Gasteiger partial charge in [0.1, 0.15) is 0 Å². The summed E-state index contributed by atoms with van der Waals surface area (Å²) in [5, 5.41) is 10.9. The predicted molar refractivity (Wildman–Crippen MR) is 126 cm³/mol. The van der Waals surface area contributed by atoms with Crippen molar-refractivity contribution in [1.82, 2.24) is 25.3 Å². The summed E-state index contributed by atoms with van der Waals surface area (Å²) < 4.78 is 6.94. The van der Waals surface area contributed by atoms with Crippen molar-refractivity contribution in [3.63, 3.8) is 0 Å². The van der Waals surface area contributed by atoms with Crippen LogP contribution in [0.3, 0.4) is 0 Å². The Labute approximate surface area is 185 Å². The van der Waals surface area contributed by atoms with Gasteiger partial charge in [0.2, 0.25) is 0 Å². The molecule has 0 saturated heterocycles. The summed E-state index contributed by atoms with van der Waals surface area (Å²) in [7, 11) is 3.87. The molecule has 0 aliphatic heterocycles. The van der Waals surface area contributed by atoms with E-state index in [2.05, 4.69) is 63.9 Å². The molecule has 2 aromatic rings. The fraction of sp³-hybridized carbons (Fsp3) is 0.500. The van der Waals surface area contributed by atoms with E-state index in [1.54, 1.807) is 13.3 Å². The zero-order valence-corrected chi connectivity index (χ0v) is 19.4. The van der Waals surface area contributed by atoms with Crippen LogP contribution in [0, 0.1) is 0 Å². The number of rotatable bonds is 11. The Morgan fingerprint density at radius 3 is 2.64 bits per heavy atom. The molecule has 1 aromatic carbocycles. The quantitative estimate of drug-likeness (QED) is 0.215. The Bertz CT molecular complexity index is 660. The SMILES string of the molecule is CCNC(=NCc1ccc(-n2cccn2)cc1)NCCN(C)CCCOC.I. The molecule has 2 rings (SSSR count). The first-order valence-electron chi connectivity index (χ1n) is 9.51. The lowest BCUT2D eigenvalue weighted by molar-refractivity contribution is 0.180. The van der Waals surface area contributed by atoms with E-state index in [1.165, 1.54) is 5.56 Å². The number of halogens is 1. The van der Waals surface area contributed by atoms with E-state index < -0.39 is 0 Å². The van der Waals surface area contributed by atoms with Crippen LogP contribution in [0.25, 0.3) is 5.69 Å². The molecule has 8 heteroatoms. The van der Waals surface area contributed by atoms with Crippen molar-refractivity contribution >= 4 is 29.9 Å². The third-order valence-corrected chi connectivity index (χ3v) is 4.14. The summed E-state index contributed by atoms with van der Waals surface area (Å²) >= 11 is 0. The lowest BCUT2D eigenvalue weighted by Gasteiger charge is -2.18. The Morgan fingerprint density at radius 1 is 1.21 bits per heavy atom. The van der Waals surface area contributed by atoms with E-state index in [-0.39, 0.29) is 24.0 Å². The number of likely N-dealkylation sites (N-methyl/N-ethyl adjacent to an activating group) is 1. The molecule has 0 aliphatic rings. The minimum atomic E-state index is 0. The smallest absolute Gasteiger partial charge is 0.191 e. The van der Waals surface area contributed by atoms with Crippen molar-refractivity contribution in [3.8, 4) is 5.69 Å². The van der Waals surface area contributed by atoms with Gasteiger partial charge < -0.3 is 20.3 Å². The molecule has 1 heterocycles. The first-order valence-corrected chi connectivity index (χ1v) is 9.51. The lowest BCUT2D eigenvalue weighted by atomic mass is 10.2. The molecule has 156 valence electrons. The molecular weight excluding hydrogens is 467 g/mol. The molecule has 0 fully saturated rings. The molecule has 2 N–H and O–H groups in total. The van der Waals surface area contributed by atoms with Gasteiger partial charge in [-0.25, -0.2) is 9.67 Å². The van der Waals surface area contributed by atoms with E-state index >= 15 is 0 Å². The number of methoxy groups -OCH3 is 1. The highest BCUT2D eigenvalue weighted by atomic mass is 127. The van der Waals surface area contributed by atoms with Crippen LogP contribution in [0.2, 0.25) is 0 Å². The number of hydrogen-bond acceptors (Lipinski definition) is 4. The number of nitrogens with one attached hydrogen (secondary N) is 2. The maximum Gasteiger partial charge on any atom is 0.191 e. The van der Waals surface area contributed by atoms with Crippen LogP contribution in [0.5, 0.6) is 0 Å². The standard InChI is InChI=1S/C20H32N6O.HI/c1-4-21-20(22-12-15-25(2)13-6-16-27-3)23-17-18-7-9-19(10-8-18)26-14-5-11-24-26;/h5,7-11,14H,4,6,12-13,15-17H2,1-3H3,(H2,21,22,23);1H. The summed E-state index contributed by atoms with van der Waals surface area (Å²) in [6.45, 7) is 7.21. The number of guanidine groups is 1. The van der Waals surface area contributed by atoms with Gasteiger partial charge in [-0.3, -0.25) is 0 Å². The molecular formula is C20H33IN6O. The van der Waals surface area contributed by atoms with Gasteiger partial charge in [0.05, 0.1) is 12.2 Å². The van der Waals surface area contributed by atoms with Crippen molar-refractivity contribution < 1.29 is 4.74 Å². The molecule has 0 bridgehead atoms. The van der Waals surface area contributed by atoms with Crippen LogP contribution < -0.4 is 10.6 Å². The molecule has 0 atom stereocenters. The molecule has 7 nitrogen and oxygen atoms in total. The second-order valence-electron chi connectivity index (χ2n) is 6.39. The van der Waals surface area contributed by atoms with Crippen molar-refractivity contribution in [3.05, 3.63) is 48.3 Å². The Balaban J connectivity index is 0.00000392. The van der Waals surface area contributed by atoms with Gasteiger partial charge in [-0.2, -0.15) is 5.10 Å². The molecule has 0 aliphatic carbocycles. The molecule has 1 aromatic heterocycles. The maximum atomic E-state index is 5.09. The van der Waals surface area contributed by atoms with Crippen LogP contribution in [-0.2, 0) is 11.3 Å². The second-order valence-corrected chi connectivity index (χ2v) is 6.39. The number of aromatic nitrogens is 2. The normalized spacial score (nSPS) is 11.4. The molecule has 28 heavy (non-hydrogen) atoms. The highest BCUT2D eigenvalue weighted by Gasteiger charge is 2.01. The first-order chi connectivity index (χ1) is 13.2. The van der Waals surface area contributed by atoms with Crippen LogP contribution >= 0.6 is 24.0 Å². The fourth-order valence-electron chi connectivity index (χ4n) is 2.64. The predicted octanol–water partition coefficient (Wildman–Crippen LogP) is 2.51. The summed E-state index contributed by atoms with van der Waals surface area (Å²) in [5.41, 5.74) is 2.22. The number of hydrogen-bond donors (Lipinski definition) is 2. The second kappa shape index (κ2) is 14.4. The molecule has 0 radical (unpaired) electrons. The summed E-state index contributed by atoms with van der Waals surface area (Å²) in [4.78, 5) is 6.98. The Kier molecular flexibility index (Phi) is 12.5. The molecule has 0 unspecified atom stereocenters. The van der Waals surface area contributed by atoms with Gasteiger partial charge in [-0.1, -0.05) is 12.1 Å². The number of benzene rings is 1. The van der Waals surface area contributed by atoms with Crippen molar-refractivity contribution in [2.75, 3.05) is 46.9 Å². The zero-order valence-electron chi connectivity index (χ0n) is 17.1. The zero-order chi connectivity index (χ0) is 19.3. The third-order valence-electron chi connectivity index (χ3n) is 4.14. The average Bonchev–Trinajstić information content (AvgIpc) is 3.21. The van der Waals surface area contributed by atoms with E-state index in [1.807, 2.05) is 16.9 Å². The van der Waals surface area contributed by atoms with Crippen LogP contribution in [0.1, 0.15) is 18.9 Å². The lowest BCUT2D eigenvalue weighted by Crippen LogP contribution is -2.41. The van der Waals surface area contributed by atoms with Crippen molar-refractivity contribution in [1.29, 1.82) is 0 Å².